The van der Waals surface area contributed by atoms with Crippen LogP contribution in [-0.4, -0.2) is 47.1 Å². The molecule has 1 amide bonds. The zero-order valence-corrected chi connectivity index (χ0v) is 16.8. The summed E-state index contributed by atoms with van der Waals surface area (Å²) in [6.45, 7) is 4.61. The quantitative estimate of drug-likeness (QED) is 0.338. The van der Waals surface area contributed by atoms with E-state index >= 15 is 0 Å². The van der Waals surface area contributed by atoms with Gasteiger partial charge in [-0.25, -0.2) is 0 Å². The fourth-order valence-corrected chi connectivity index (χ4v) is 3.58. The Morgan fingerprint density at radius 2 is 1.86 bits per heavy atom. The van der Waals surface area contributed by atoms with Crippen LogP contribution in [0.3, 0.4) is 0 Å². The molecule has 1 heterocycles. The molecule has 0 aliphatic carbocycles. The average Bonchev–Trinajstić information content (AvgIpc) is 2.94. The van der Waals surface area contributed by atoms with E-state index in [1.165, 1.54) is 17.0 Å². The molecular formula is C23H25NO5. The lowest BCUT2D eigenvalue weighted by Gasteiger charge is -2.25. The number of benzene rings is 2. The van der Waals surface area contributed by atoms with Gasteiger partial charge in [-0.15, -0.1) is 0 Å². The number of ketones is 1. The van der Waals surface area contributed by atoms with Crippen LogP contribution >= 0.6 is 0 Å². The van der Waals surface area contributed by atoms with Gasteiger partial charge in [0.15, 0.2) is 0 Å². The summed E-state index contributed by atoms with van der Waals surface area (Å²) in [5.74, 6) is -1.59. The fraction of sp³-hybridized carbons (Fsp3) is 0.304. The van der Waals surface area contributed by atoms with Gasteiger partial charge >= 0.3 is 0 Å². The second-order valence-corrected chi connectivity index (χ2v) is 7.23. The number of aliphatic hydroxyl groups excluding tert-OH is 1. The number of aryl methyl sites for hydroxylation is 2. The van der Waals surface area contributed by atoms with E-state index in [0.717, 1.165) is 11.1 Å². The predicted octanol–water partition coefficient (Wildman–Crippen LogP) is 3.47. The van der Waals surface area contributed by atoms with E-state index in [4.69, 9.17) is 4.74 Å². The van der Waals surface area contributed by atoms with E-state index in [2.05, 4.69) is 0 Å². The number of Topliss-reactive ketones (excluding diaryl/α,β-unsaturated/α-hetero) is 1. The Hall–Kier alpha value is -3.12. The maximum atomic E-state index is 12.9. The number of likely N-dealkylation sites (tertiary alicyclic amines) is 1. The van der Waals surface area contributed by atoms with Crippen molar-refractivity contribution in [2.75, 3.05) is 20.3 Å². The lowest BCUT2D eigenvalue weighted by Crippen LogP contribution is -2.31. The van der Waals surface area contributed by atoms with Crippen molar-refractivity contribution in [2.45, 2.75) is 26.3 Å². The minimum atomic E-state index is -0.777. The predicted molar refractivity (Wildman–Crippen MR) is 110 cm³/mol. The van der Waals surface area contributed by atoms with Crippen LogP contribution in [0.5, 0.6) is 5.75 Å². The molecule has 3 rings (SSSR count). The molecule has 0 bridgehead atoms. The maximum Gasteiger partial charge on any atom is 0.295 e. The van der Waals surface area contributed by atoms with E-state index in [9.17, 15) is 19.8 Å². The van der Waals surface area contributed by atoms with Crippen LogP contribution in [0.15, 0.2) is 48.0 Å². The van der Waals surface area contributed by atoms with E-state index in [-0.39, 0.29) is 17.1 Å². The van der Waals surface area contributed by atoms with Crippen LogP contribution in [0.2, 0.25) is 0 Å². The van der Waals surface area contributed by atoms with Crippen LogP contribution in [0, 0.1) is 13.8 Å². The van der Waals surface area contributed by atoms with Crippen LogP contribution in [0.25, 0.3) is 5.76 Å². The highest BCUT2D eigenvalue weighted by Gasteiger charge is 2.45. The minimum Gasteiger partial charge on any atom is -0.508 e. The number of phenols is 1. The number of aliphatic hydroxyl groups is 1. The zero-order valence-electron chi connectivity index (χ0n) is 16.8. The Labute approximate surface area is 170 Å². The third kappa shape index (κ3) is 4.03. The number of hydrogen-bond donors (Lipinski definition) is 2. The summed E-state index contributed by atoms with van der Waals surface area (Å²) in [4.78, 5) is 27.1. The molecule has 0 radical (unpaired) electrons. The number of carbonyl (C=O) groups is 2. The number of hydrogen-bond acceptors (Lipinski definition) is 5. The molecule has 0 spiro atoms. The molecular weight excluding hydrogens is 370 g/mol. The van der Waals surface area contributed by atoms with Gasteiger partial charge in [0, 0.05) is 25.8 Å². The van der Waals surface area contributed by atoms with E-state index < -0.39 is 17.7 Å². The van der Waals surface area contributed by atoms with Crippen molar-refractivity contribution in [1.29, 1.82) is 0 Å². The molecule has 2 N–H and O–H groups in total. The molecule has 2 aromatic rings. The average molecular weight is 395 g/mol. The monoisotopic (exact) mass is 395 g/mol. The molecule has 1 atom stereocenters. The zero-order chi connectivity index (χ0) is 21.1. The first-order valence-corrected chi connectivity index (χ1v) is 9.49. The molecule has 152 valence electrons. The van der Waals surface area contributed by atoms with Gasteiger partial charge in [0.1, 0.15) is 11.5 Å². The Balaban J connectivity index is 2.14. The highest BCUT2D eigenvalue weighted by Crippen LogP contribution is 2.40. The second kappa shape index (κ2) is 8.49. The highest BCUT2D eigenvalue weighted by molar-refractivity contribution is 6.46. The normalized spacial score (nSPS) is 18.4. The van der Waals surface area contributed by atoms with Crippen molar-refractivity contribution in [3.63, 3.8) is 0 Å². The van der Waals surface area contributed by atoms with Crippen LogP contribution in [0.1, 0.15) is 34.7 Å². The Morgan fingerprint density at radius 1 is 1.10 bits per heavy atom. The summed E-state index contributed by atoms with van der Waals surface area (Å²) in [6, 6.07) is 11.0. The molecule has 6 nitrogen and oxygen atoms in total. The summed E-state index contributed by atoms with van der Waals surface area (Å²) in [5.41, 5.74) is 3.10. The van der Waals surface area contributed by atoms with E-state index in [0.29, 0.717) is 30.7 Å². The van der Waals surface area contributed by atoms with Gasteiger partial charge in [0.2, 0.25) is 0 Å². The van der Waals surface area contributed by atoms with Gasteiger partial charge in [0.05, 0.1) is 11.6 Å². The molecule has 1 aliphatic heterocycles. The van der Waals surface area contributed by atoms with Crippen molar-refractivity contribution in [3.05, 3.63) is 70.3 Å². The summed E-state index contributed by atoms with van der Waals surface area (Å²) in [5, 5.41) is 20.9. The van der Waals surface area contributed by atoms with Crippen molar-refractivity contribution >= 4 is 17.4 Å². The van der Waals surface area contributed by atoms with Crippen LogP contribution in [-0.2, 0) is 14.3 Å². The molecule has 1 fully saturated rings. The standard InChI is InChI=1S/C23H25NO5/c1-14-8-9-17(12-15(14)2)21(26)19-20(16-6-4-7-18(25)13-16)24(10-5-11-29-3)23(28)22(19)27/h4,6-9,12-13,20,25-26H,5,10-11H2,1-3H3/b21-19-. The van der Waals surface area contributed by atoms with Gasteiger partial charge in [0.25, 0.3) is 11.7 Å². The number of amides is 1. The Bertz CT molecular complexity index is 979. The number of aromatic hydroxyl groups is 1. The summed E-state index contributed by atoms with van der Waals surface area (Å²) >= 11 is 0. The maximum absolute atomic E-state index is 12.9. The molecule has 1 saturated heterocycles. The van der Waals surface area contributed by atoms with Crippen LogP contribution < -0.4 is 0 Å². The number of rotatable bonds is 6. The number of carbonyl (C=O) groups excluding carboxylic acids is 2. The number of phenolic OH excluding ortho intramolecular Hbond substituents is 1. The molecule has 1 aliphatic rings. The molecule has 6 heteroatoms. The van der Waals surface area contributed by atoms with E-state index in [1.54, 1.807) is 31.4 Å². The van der Waals surface area contributed by atoms with Crippen molar-refractivity contribution < 1.29 is 24.5 Å². The topological polar surface area (TPSA) is 87.1 Å². The van der Waals surface area contributed by atoms with Crippen molar-refractivity contribution in [2.24, 2.45) is 0 Å². The molecule has 29 heavy (non-hydrogen) atoms. The lowest BCUT2D eigenvalue weighted by molar-refractivity contribution is -0.140. The lowest BCUT2D eigenvalue weighted by atomic mass is 9.94. The third-order valence-electron chi connectivity index (χ3n) is 5.25. The number of nitrogens with zero attached hydrogens (tertiary/aromatic N) is 1. The van der Waals surface area contributed by atoms with Crippen molar-refractivity contribution in [3.8, 4) is 5.75 Å². The first-order chi connectivity index (χ1) is 13.8. The van der Waals surface area contributed by atoms with Gasteiger partial charge in [-0.05, 0) is 55.2 Å². The first kappa shape index (κ1) is 20.6. The summed E-state index contributed by atoms with van der Waals surface area (Å²) in [7, 11) is 1.57. The Kier molecular flexibility index (Phi) is 6.03. The second-order valence-electron chi connectivity index (χ2n) is 7.23. The first-order valence-electron chi connectivity index (χ1n) is 9.49. The van der Waals surface area contributed by atoms with Gasteiger partial charge < -0.3 is 19.8 Å². The minimum absolute atomic E-state index is 0.0242. The largest absolute Gasteiger partial charge is 0.508 e. The summed E-state index contributed by atoms with van der Waals surface area (Å²) < 4.78 is 5.07. The van der Waals surface area contributed by atoms with E-state index in [1.807, 2.05) is 19.9 Å². The molecule has 0 saturated carbocycles. The SMILES string of the molecule is COCCCN1C(=O)C(=O)/C(=C(\O)c2ccc(C)c(C)c2)C1c1cccc(O)c1. The summed E-state index contributed by atoms with van der Waals surface area (Å²) in [6.07, 6.45) is 0.544. The molecule has 0 aromatic heterocycles. The van der Waals surface area contributed by atoms with Crippen molar-refractivity contribution in [1.82, 2.24) is 4.90 Å². The van der Waals surface area contributed by atoms with Gasteiger partial charge in [-0.3, -0.25) is 9.59 Å². The van der Waals surface area contributed by atoms with Gasteiger partial charge in [-0.2, -0.15) is 0 Å². The number of methoxy groups -OCH3 is 1. The van der Waals surface area contributed by atoms with Gasteiger partial charge in [-0.1, -0.05) is 24.3 Å². The third-order valence-corrected chi connectivity index (χ3v) is 5.25. The van der Waals surface area contributed by atoms with Crippen LogP contribution in [0.4, 0.5) is 0 Å². The smallest absolute Gasteiger partial charge is 0.295 e. The Morgan fingerprint density at radius 3 is 2.52 bits per heavy atom. The number of ether oxygens (including phenoxy) is 1. The molecule has 1 unspecified atom stereocenters. The highest BCUT2D eigenvalue weighted by atomic mass is 16.5. The molecule has 2 aromatic carbocycles. The fourth-order valence-electron chi connectivity index (χ4n) is 3.58.